The number of carboxylic acid groups (broad SMARTS) is 1. The molecule has 1 aromatic carbocycles. The number of nitrogens with zero attached hydrogens (tertiary/aromatic N) is 3. The fourth-order valence-corrected chi connectivity index (χ4v) is 1.75. The molecule has 7 heteroatoms. The third-order valence-corrected chi connectivity index (χ3v) is 2.72. The van der Waals surface area contributed by atoms with Crippen molar-refractivity contribution in [1.29, 1.82) is 0 Å². The lowest BCUT2D eigenvalue weighted by atomic mass is 10.1. The number of ketones is 1. The van der Waals surface area contributed by atoms with Gasteiger partial charge in [-0.2, -0.15) is 0 Å². The van der Waals surface area contributed by atoms with Crippen LogP contribution in [0.3, 0.4) is 0 Å². The minimum atomic E-state index is -1.11. The van der Waals surface area contributed by atoms with Crippen molar-refractivity contribution in [3.05, 3.63) is 41.7 Å². The fraction of sp³-hybridized carbons (Fsp3) is 0.286. The average molecular weight is 289 g/mol. The van der Waals surface area contributed by atoms with Crippen LogP contribution >= 0.6 is 0 Å². The molecule has 1 N–H and O–H groups in total. The zero-order chi connectivity index (χ0) is 15.2. The molecule has 0 aliphatic rings. The van der Waals surface area contributed by atoms with Crippen LogP contribution in [0.15, 0.2) is 30.5 Å². The highest BCUT2D eigenvalue weighted by Gasteiger charge is 2.07. The standard InChI is InChI=1S/C14H15N3O4/c1-10(18)8-11-2-4-12(5-3-11)21-7-6-17-9-13(14(19)20)15-16-17/h2-5,9H,6-8H2,1H3,(H,19,20). The van der Waals surface area contributed by atoms with E-state index in [1.807, 2.05) is 12.1 Å². The monoisotopic (exact) mass is 289 g/mol. The second-order valence-corrected chi connectivity index (χ2v) is 4.54. The molecule has 2 rings (SSSR count). The minimum Gasteiger partial charge on any atom is -0.492 e. The van der Waals surface area contributed by atoms with Gasteiger partial charge in [0.15, 0.2) is 5.69 Å². The van der Waals surface area contributed by atoms with Gasteiger partial charge in [-0.15, -0.1) is 5.10 Å². The largest absolute Gasteiger partial charge is 0.492 e. The van der Waals surface area contributed by atoms with Crippen molar-refractivity contribution in [2.45, 2.75) is 19.9 Å². The maximum Gasteiger partial charge on any atom is 0.358 e. The van der Waals surface area contributed by atoms with Crippen LogP contribution in [0.5, 0.6) is 5.75 Å². The van der Waals surface area contributed by atoms with Crippen LogP contribution in [-0.4, -0.2) is 38.5 Å². The van der Waals surface area contributed by atoms with Gasteiger partial charge in [0.1, 0.15) is 18.1 Å². The van der Waals surface area contributed by atoms with Gasteiger partial charge in [-0.05, 0) is 24.6 Å². The Balaban J connectivity index is 1.82. The Kier molecular flexibility index (Phi) is 4.65. The molecule has 21 heavy (non-hydrogen) atoms. The Morgan fingerprint density at radius 2 is 2.00 bits per heavy atom. The molecule has 0 unspecified atom stereocenters. The highest BCUT2D eigenvalue weighted by atomic mass is 16.5. The van der Waals surface area contributed by atoms with Gasteiger partial charge < -0.3 is 9.84 Å². The van der Waals surface area contributed by atoms with Crippen LogP contribution in [0, 0.1) is 0 Å². The number of aromatic carboxylic acids is 1. The molecular formula is C14H15N3O4. The topological polar surface area (TPSA) is 94.3 Å². The molecule has 7 nitrogen and oxygen atoms in total. The molecule has 1 aromatic heterocycles. The van der Waals surface area contributed by atoms with Gasteiger partial charge in [0.25, 0.3) is 0 Å². The lowest BCUT2D eigenvalue weighted by Crippen LogP contribution is -2.09. The van der Waals surface area contributed by atoms with Crippen LogP contribution in [0.4, 0.5) is 0 Å². The number of hydrogen-bond acceptors (Lipinski definition) is 5. The molecule has 0 spiro atoms. The maximum absolute atomic E-state index is 11.0. The smallest absolute Gasteiger partial charge is 0.358 e. The summed E-state index contributed by atoms with van der Waals surface area (Å²) in [5, 5.41) is 15.9. The summed E-state index contributed by atoms with van der Waals surface area (Å²) in [6.45, 7) is 2.29. The van der Waals surface area contributed by atoms with E-state index in [1.54, 1.807) is 19.1 Å². The quantitative estimate of drug-likeness (QED) is 0.822. The van der Waals surface area contributed by atoms with E-state index in [-0.39, 0.29) is 11.5 Å². The molecule has 0 radical (unpaired) electrons. The molecule has 0 saturated heterocycles. The molecule has 0 amide bonds. The second kappa shape index (κ2) is 6.65. The van der Waals surface area contributed by atoms with E-state index < -0.39 is 5.97 Å². The van der Waals surface area contributed by atoms with E-state index >= 15 is 0 Å². The Hall–Kier alpha value is -2.70. The Morgan fingerprint density at radius 1 is 1.29 bits per heavy atom. The molecule has 2 aromatic rings. The van der Waals surface area contributed by atoms with E-state index in [1.165, 1.54) is 10.9 Å². The van der Waals surface area contributed by atoms with Crippen molar-refractivity contribution in [3.8, 4) is 5.75 Å². The highest BCUT2D eigenvalue weighted by Crippen LogP contribution is 2.12. The number of carbonyl (C=O) groups excluding carboxylic acids is 1. The third-order valence-electron chi connectivity index (χ3n) is 2.72. The van der Waals surface area contributed by atoms with E-state index in [9.17, 15) is 9.59 Å². The minimum absolute atomic E-state index is 0.0939. The summed E-state index contributed by atoms with van der Waals surface area (Å²) < 4.78 is 6.93. The lowest BCUT2D eigenvalue weighted by molar-refractivity contribution is -0.116. The summed E-state index contributed by atoms with van der Waals surface area (Å²) in [6.07, 6.45) is 1.76. The normalized spacial score (nSPS) is 10.3. The summed E-state index contributed by atoms with van der Waals surface area (Å²) in [7, 11) is 0. The number of aromatic nitrogens is 3. The van der Waals surface area contributed by atoms with Crippen molar-refractivity contribution >= 4 is 11.8 Å². The van der Waals surface area contributed by atoms with Gasteiger partial charge in [-0.3, -0.25) is 4.79 Å². The Labute approximate surface area is 121 Å². The third kappa shape index (κ3) is 4.41. The first-order valence-corrected chi connectivity index (χ1v) is 6.39. The average Bonchev–Trinajstić information content (AvgIpc) is 2.89. The first-order valence-electron chi connectivity index (χ1n) is 6.39. The van der Waals surface area contributed by atoms with Crippen LogP contribution < -0.4 is 4.74 Å². The summed E-state index contributed by atoms with van der Waals surface area (Å²) >= 11 is 0. The first kappa shape index (κ1) is 14.7. The molecule has 0 aliphatic heterocycles. The van der Waals surface area contributed by atoms with E-state index in [0.717, 1.165) is 5.56 Å². The molecule has 0 atom stereocenters. The molecule has 0 bridgehead atoms. The van der Waals surface area contributed by atoms with Crippen molar-refractivity contribution in [3.63, 3.8) is 0 Å². The van der Waals surface area contributed by atoms with Crippen molar-refractivity contribution in [2.24, 2.45) is 0 Å². The fourth-order valence-electron chi connectivity index (χ4n) is 1.75. The first-order chi connectivity index (χ1) is 10.0. The number of carbonyl (C=O) groups is 2. The zero-order valence-corrected chi connectivity index (χ0v) is 11.5. The molecular weight excluding hydrogens is 274 g/mol. The molecule has 0 fully saturated rings. The Bertz CT molecular complexity index is 634. The van der Waals surface area contributed by atoms with Crippen LogP contribution in [-0.2, 0) is 17.8 Å². The summed E-state index contributed by atoms with van der Waals surface area (Å²) in [5.74, 6) is -0.312. The van der Waals surface area contributed by atoms with Crippen LogP contribution in [0.2, 0.25) is 0 Å². The maximum atomic E-state index is 11.0. The van der Waals surface area contributed by atoms with Gasteiger partial charge in [-0.25, -0.2) is 9.48 Å². The van der Waals surface area contributed by atoms with Gasteiger partial charge in [0.05, 0.1) is 12.7 Å². The zero-order valence-electron chi connectivity index (χ0n) is 11.5. The molecule has 1 heterocycles. The van der Waals surface area contributed by atoms with Crippen LogP contribution in [0.1, 0.15) is 23.0 Å². The summed E-state index contributed by atoms with van der Waals surface area (Å²) in [4.78, 5) is 21.6. The molecule has 110 valence electrons. The van der Waals surface area contributed by atoms with Gasteiger partial charge in [0, 0.05) is 6.42 Å². The van der Waals surface area contributed by atoms with Crippen LogP contribution in [0.25, 0.3) is 0 Å². The number of benzene rings is 1. The number of ether oxygens (including phenoxy) is 1. The van der Waals surface area contributed by atoms with Gasteiger partial charge in [0.2, 0.25) is 0 Å². The van der Waals surface area contributed by atoms with Gasteiger partial charge in [-0.1, -0.05) is 17.3 Å². The summed E-state index contributed by atoms with van der Waals surface area (Å²) in [5.41, 5.74) is 0.848. The van der Waals surface area contributed by atoms with E-state index in [0.29, 0.717) is 25.3 Å². The number of hydrogen-bond donors (Lipinski definition) is 1. The summed E-state index contributed by atoms with van der Waals surface area (Å²) in [6, 6.07) is 7.27. The van der Waals surface area contributed by atoms with Gasteiger partial charge >= 0.3 is 5.97 Å². The van der Waals surface area contributed by atoms with Crippen molar-refractivity contribution in [1.82, 2.24) is 15.0 Å². The highest BCUT2D eigenvalue weighted by molar-refractivity contribution is 5.84. The number of rotatable bonds is 7. The number of carboxylic acids is 1. The molecule has 0 saturated carbocycles. The number of Topliss-reactive ketones (excluding diaryl/α,β-unsaturated/α-hetero) is 1. The second-order valence-electron chi connectivity index (χ2n) is 4.54. The van der Waals surface area contributed by atoms with E-state index in [4.69, 9.17) is 9.84 Å². The van der Waals surface area contributed by atoms with Crippen molar-refractivity contribution < 1.29 is 19.4 Å². The van der Waals surface area contributed by atoms with E-state index in [2.05, 4.69) is 10.3 Å². The predicted octanol–water partition coefficient (Wildman–Crippen LogP) is 1.19. The predicted molar refractivity (Wildman–Crippen MR) is 73.3 cm³/mol. The van der Waals surface area contributed by atoms with Crippen molar-refractivity contribution in [2.75, 3.05) is 6.61 Å². The SMILES string of the molecule is CC(=O)Cc1ccc(OCCn2cc(C(=O)O)nn2)cc1. The molecule has 0 aliphatic carbocycles. The Morgan fingerprint density at radius 3 is 2.57 bits per heavy atom. The lowest BCUT2D eigenvalue weighted by Gasteiger charge is -2.06.